The standard InChI is InChI=1S/C29H26N2O7S/c1-15-6-8-16(9-7-15)25(32)23-24(17-12-20(36-3)27(38-5)21(13-17)37-4)31(28(34)26(23)33)29-30-19-11-10-18(35-2)14-22(19)39-29/h6-14,24,32H,1-5H3/t24-/m0/s1. The molecule has 1 atom stereocenters. The third kappa shape index (κ3) is 4.42. The fourth-order valence-electron chi connectivity index (χ4n) is 4.59. The van der Waals surface area contributed by atoms with Crippen LogP contribution < -0.4 is 23.8 Å². The fourth-order valence-corrected chi connectivity index (χ4v) is 5.61. The zero-order valence-electron chi connectivity index (χ0n) is 22.0. The minimum Gasteiger partial charge on any atom is -0.507 e. The van der Waals surface area contributed by atoms with Crippen molar-refractivity contribution < 1.29 is 33.6 Å². The number of aromatic nitrogens is 1. The van der Waals surface area contributed by atoms with Crippen molar-refractivity contribution in [3.05, 3.63) is 76.9 Å². The van der Waals surface area contributed by atoms with Crippen LogP contribution >= 0.6 is 11.3 Å². The second kappa shape index (κ2) is 10.3. The number of rotatable bonds is 7. The molecule has 10 heteroatoms. The highest BCUT2D eigenvalue weighted by atomic mass is 32.1. The zero-order valence-corrected chi connectivity index (χ0v) is 22.8. The number of carbonyl (C=O) groups is 2. The molecular weight excluding hydrogens is 520 g/mol. The maximum atomic E-state index is 13.6. The molecule has 1 aliphatic heterocycles. The summed E-state index contributed by atoms with van der Waals surface area (Å²) in [5.41, 5.74) is 2.42. The lowest BCUT2D eigenvalue weighted by atomic mass is 9.94. The third-order valence-electron chi connectivity index (χ3n) is 6.56. The van der Waals surface area contributed by atoms with Crippen molar-refractivity contribution in [2.45, 2.75) is 13.0 Å². The zero-order chi connectivity index (χ0) is 27.8. The van der Waals surface area contributed by atoms with Gasteiger partial charge in [0.2, 0.25) is 5.75 Å². The highest BCUT2D eigenvalue weighted by Gasteiger charge is 2.48. The Kier molecular flexibility index (Phi) is 6.88. The van der Waals surface area contributed by atoms with Crippen LogP contribution in [-0.2, 0) is 9.59 Å². The molecule has 1 fully saturated rings. The SMILES string of the molecule is COc1ccc2nc(N3C(=O)C(=O)C(=C(O)c4ccc(C)cc4)[C@@H]3c3cc(OC)c(OC)c(OC)c3)sc2c1. The van der Waals surface area contributed by atoms with E-state index in [-0.39, 0.29) is 11.3 Å². The summed E-state index contributed by atoms with van der Waals surface area (Å²) < 4.78 is 22.6. The molecule has 0 bridgehead atoms. The number of fused-ring (bicyclic) bond motifs is 1. The van der Waals surface area contributed by atoms with E-state index in [1.54, 1.807) is 43.5 Å². The van der Waals surface area contributed by atoms with Crippen molar-refractivity contribution in [3.8, 4) is 23.0 Å². The summed E-state index contributed by atoms with van der Waals surface area (Å²) in [5.74, 6) is -0.273. The van der Waals surface area contributed by atoms with Crippen molar-refractivity contribution >= 4 is 44.1 Å². The number of hydrogen-bond acceptors (Lipinski definition) is 9. The molecule has 0 spiro atoms. The maximum absolute atomic E-state index is 13.6. The maximum Gasteiger partial charge on any atom is 0.301 e. The molecular formula is C29H26N2O7S. The highest BCUT2D eigenvalue weighted by molar-refractivity contribution is 7.22. The van der Waals surface area contributed by atoms with Crippen molar-refractivity contribution in [3.63, 3.8) is 0 Å². The number of methoxy groups -OCH3 is 4. The first kappa shape index (κ1) is 26.1. The average molecular weight is 547 g/mol. The predicted molar refractivity (Wildman–Crippen MR) is 148 cm³/mol. The van der Waals surface area contributed by atoms with E-state index in [4.69, 9.17) is 18.9 Å². The molecule has 1 aliphatic rings. The van der Waals surface area contributed by atoms with Crippen LogP contribution in [0.25, 0.3) is 16.0 Å². The summed E-state index contributed by atoms with van der Waals surface area (Å²) in [7, 11) is 6.01. The third-order valence-corrected chi connectivity index (χ3v) is 7.58. The van der Waals surface area contributed by atoms with Crippen LogP contribution in [0.5, 0.6) is 23.0 Å². The Morgan fingerprint density at radius 3 is 2.15 bits per heavy atom. The van der Waals surface area contributed by atoms with E-state index in [9.17, 15) is 14.7 Å². The Morgan fingerprint density at radius 1 is 0.897 bits per heavy atom. The lowest BCUT2D eigenvalue weighted by molar-refractivity contribution is -0.132. The van der Waals surface area contributed by atoms with Gasteiger partial charge in [-0.05, 0) is 42.8 Å². The topological polar surface area (TPSA) is 107 Å². The van der Waals surface area contributed by atoms with E-state index in [2.05, 4.69) is 4.98 Å². The number of aliphatic hydroxyl groups excluding tert-OH is 1. The second-order valence-electron chi connectivity index (χ2n) is 8.82. The van der Waals surface area contributed by atoms with Crippen molar-refractivity contribution in [1.82, 2.24) is 4.98 Å². The molecule has 5 rings (SSSR count). The smallest absolute Gasteiger partial charge is 0.301 e. The van der Waals surface area contributed by atoms with Crippen LogP contribution in [0, 0.1) is 6.92 Å². The van der Waals surface area contributed by atoms with E-state index in [0.29, 0.717) is 44.8 Å². The number of nitrogens with zero attached hydrogens (tertiary/aromatic N) is 2. The van der Waals surface area contributed by atoms with Crippen molar-refractivity contribution in [2.75, 3.05) is 33.3 Å². The molecule has 1 amide bonds. The van der Waals surface area contributed by atoms with Crippen LogP contribution in [0.3, 0.4) is 0 Å². The van der Waals surface area contributed by atoms with Crippen LogP contribution in [0.4, 0.5) is 5.13 Å². The van der Waals surface area contributed by atoms with Gasteiger partial charge in [-0.15, -0.1) is 0 Å². The van der Waals surface area contributed by atoms with Gasteiger partial charge in [-0.1, -0.05) is 41.2 Å². The van der Waals surface area contributed by atoms with Gasteiger partial charge in [0.1, 0.15) is 11.5 Å². The van der Waals surface area contributed by atoms with Gasteiger partial charge in [-0.25, -0.2) is 4.98 Å². The van der Waals surface area contributed by atoms with E-state index in [1.807, 2.05) is 25.1 Å². The van der Waals surface area contributed by atoms with E-state index in [1.165, 1.54) is 37.6 Å². The van der Waals surface area contributed by atoms with Crippen LogP contribution in [0.15, 0.2) is 60.2 Å². The Hall–Kier alpha value is -4.57. The summed E-state index contributed by atoms with van der Waals surface area (Å²) in [6.07, 6.45) is 0. The molecule has 1 aromatic heterocycles. The van der Waals surface area contributed by atoms with Crippen molar-refractivity contribution in [2.24, 2.45) is 0 Å². The van der Waals surface area contributed by atoms with Crippen molar-refractivity contribution in [1.29, 1.82) is 0 Å². The number of ether oxygens (including phenoxy) is 4. The number of carbonyl (C=O) groups excluding carboxylic acids is 2. The first-order valence-corrected chi connectivity index (χ1v) is 12.8. The van der Waals surface area contributed by atoms with E-state index < -0.39 is 17.7 Å². The summed E-state index contributed by atoms with van der Waals surface area (Å²) in [6.45, 7) is 1.92. The largest absolute Gasteiger partial charge is 0.507 e. The Balaban J connectivity index is 1.77. The number of ketones is 1. The Bertz CT molecular complexity index is 1600. The van der Waals surface area contributed by atoms with Crippen LogP contribution in [0.1, 0.15) is 22.7 Å². The van der Waals surface area contributed by atoms with E-state index in [0.717, 1.165) is 10.3 Å². The molecule has 1 N–H and O–H groups in total. The number of amides is 1. The first-order valence-electron chi connectivity index (χ1n) is 11.9. The van der Waals surface area contributed by atoms with Gasteiger partial charge in [0.25, 0.3) is 5.78 Å². The number of benzene rings is 3. The Morgan fingerprint density at radius 2 is 1.56 bits per heavy atom. The summed E-state index contributed by atoms with van der Waals surface area (Å²) >= 11 is 1.24. The van der Waals surface area contributed by atoms with Gasteiger partial charge in [-0.2, -0.15) is 0 Å². The van der Waals surface area contributed by atoms with Gasteiger partial charge < -0.3 is 24.1 Å². The molecule has 200 valence electrons. The molecule has 0 saturated carbocycles. The highest BCUT2D eigenvalue weighted by Crippen LogP contribution is 2.48. The van der Waals surface area contributed by atoms with Gasteiger partial charge in [0, 0.05) is 5.56 Å². The van der Waals surface area contributed by atoms with Gasteiger partial charge >= 0.3 is 5.91 Å². The summed E-state index contributed by atoms with van der Waals surface area (Å²) in [5, 5.41) is 11.7. The van der Waals surface area contributed by atoms with Crippen LogP contribution in [0.2, 0.25) is 0 Å². The first-order chi connectivity index (χ1) is 18.8. The van der Waals surface area contributed by atoms with E-state index >= 15 is 0 Å². The number of aliphatic hydroxyl groups is 1. The number of Topliss-reactive ketones (excluding diaryl/α,β-unsaturated/α-hetero) is 1. The van der Waals surface area contributed by atoms with Gasteiger partial charge in [-0.3, -0.25) is 14.5 Å². The molecule has 3 aromatic carbocycles. The molecule has 0 radical (unpaired) electrons. The predicted octanol–water partition coefficient (Wildman–Crippen LogP) is 5.27. The van der Waals surface area contributed by atoms with Crippen LogP contribution in [-0.4, -0.2) is 50.2 Å². The molecule has 1 saturated heterocycles. The molecule has 4 aromatic rings. The summed E-state index contributed by atoms with van der Waals surface area (Å²) in [6, 6.07) is 14.7. The number of hydrogen-bond donors (Lipinski definition) is 1. The monoisotopic (exact) mass is 546 g/mol. The lowest BCUT2D eigenvalue weighted by Gasteiger charge is -2.24. The number of aryl methyl sites for hydroxylation is 1. The second-order valence-corrected chi connectivity index (χ2v) is 9.83. The normalized spacial score (nSPS) is 16.5. The average Bonchev–Trinajstić information content (AvgIpc) is 3.49. The minimum atomic E-state index is -1.03. The van der Waals surface area contributed by atoms with Gasteiger partial charge in [0.05, 0.1) is 50.3 Å². The lowest BCUT2D eigenvalue weighted by Crippen LogP contribution is -2.29. The fraction of sp³-hybridized carbons (Fsp3) is 0.207. The molecule has 0 aliphatic carbocycles. The molecule has 2 heterocycles. The summed E-state index contributed by atoms with van der Waals surface area (Å²) in [4.78, 5) is 33.1. The quantitative estimate of drug-likeness (QED) is 0.190. The molecule has 39 heavy (non-hydrogen) atoms. The molecule has 9 nitrogen and oxygen atoms in total. The number of thiazole rings is 1. The number of anilines is 1. The molecule has 0 unspecified atom stereocenters. The van der Waals surface area contributed by atoms with Gasteiger partial charge in [0.15, 0.2) is 16.6 Å². The Labute approximate surface area is 228 Å². The minimum absolute atomic E-state index is 0.0741.